The maximum Gasteiger partial charge on any atom is 0.190 e. The summed E-state index contributed by atoms with van der Waals surface area (Å²) in [5.41, 5.74) is 0. The van der Waals surface area contributed by atoms with Crippen molar-refractivity contribution in [2.75, 3.05) is 40.0 Å². The van der Waals surface area contributed by atoms with E-state index in [0.29, 0.717) is 6.10 Å². The van der Waals surface area contributed by atoms with Gasteiger partial charge in [-0.15, -0.1) is 0 Å². The molecular formula is C16H33N3O2. The van der Waals surface area contributed by atoms with Crippen LogP contribution in [0, 0.1) is 5.92 Å². The summed E-state index contributed by atoms with van der Waals surface area (Å²) in [6.07, 6.45) is 5.88. The van der Waals surface area contributed by atoms with E-state index in [0.717, 1.165) is 64.1 Å². The lowest BCUT2D eigenvalue weighted by molar-refractivity contribution is -0.0320. The molecule has 0 unspecified atom stereocenters. The van der Waals surface area contributed by atoms with Crippen LogP contribution in [-0.4, -0.2) is 52.0 Å². The molecule has 1 aliphatic rings. The van der Waals surface area contributed by atoms with Crippen molar-refractivity contribution in [3.63, 3.8) is 0 Å². The van der Waals surface area contributed by atoms with Gasteiger partial charge in [-0.05, 0) is 25.2 Å². The van der Waals surface area contributed by atoms with Gasteiger partial charge in [0.1, 0.15) is 0 Å². The van der Waals surface area contributed by atoms with Gasteiger partial charge in [-0.25, -0.2) is 0 Å². The summed E-state index contributed by atoms with van der Waals surface area (Å²) in [6.45, 7) is 8.85. The normalized spacial score (nSPS) is 17.2. The summed E-state index contributed by atoms with van der Waals surface area (Å²) in [4.78, 5) is 4.25. The first-order valence-corrected chi connectivity index (χ1v) is 8.44. The number of hydrogen-bond donors (Lipinski definition) is 2. The molecule has 0 radical (unpaired) electrons. The molecule has 5 nitrogen and oxygen atoms in total. The van der Waals surface area contributed by atoms with E-state index >= 15 is 0 Å². The molecule has 1 rings (SSSR count). The molecule has 0 bridgehead atoms. The van der Waals surface area contributed by atoms with Crippen LogP contribution in [0.15, 0.2) is 4.99 Å². The summed E-state index contributed by atoms with van der Waals surface area (Å²) in [7, 11) is 1.82. The Morgan fingerprint density at radius 1 is 1.24 bits per heavy atom. The predicted molar refractivity (Wildman–Crippen MR) is 87.8 cm³/mol. The number of guanidine groups is 1. The highest BCUT2D eigenvalue weighted by atomic mass is 16.5. The molecule has 0 aromatic rings. The topological polar surface area (TPSA) is 54.9 Å². The molecule has 1 saturated heterocycles. The van der Waals surface area contributed by atoms with Gasteiger partial charge in [0.25, 0.3) is 0 Å². The molecular weight excluding hydrogens is 266 g/mol. The fourth-order valence-corrected chi connectivity index (χ4v) is 2.41. The van der Waals surface area contributed by atoms with Crippen molar-refractivity contribution >= 4 is 5.96 Å². The van der Waals surface area contributed by atoms with Crippen molar-refractivity contribution in [3.05, 3.63) is 0 Å². The summed E-state index contributed by atoms with van der Waals surface area (Å²) >= 11 is 0. The number of aliphatic imine (C=N–C) groups is 1. The van der Waals surface area contributed by atoms with Crippen LogP contribution in [-0.2, 0) is 9.47 Å². The van der Waals surface area contributed by atoms with Gasteiger partial charge in [0.15, 0.2) is 5.96 Å². The third-order valence-corrected chi connectivity index (χ3v) is 4.07. The van der Waals surface area contributed by atoms with Crippen LogP contribution in [0.3, 0.4) is 0 Å². The smallest absolute Gasteiger partial charge is 0.190 e. The number of rotatable bonds is 9. The molecule has 5 heteroatoms. The minimum absolute atomic E-state index is 0.394. The third-order valence-electron chi connectivity index (χ3n) is 4.07. The van der Waals surface area contributed by atoms with Gasteiger partial charge in [0.2, 0.25) is 0 Å². The molecule has 21 heavy (non-hydrogen) atoms. The Kier molecular flexibility index (Phi) is 10.3. The van der Waals surface area contributed by atoms with Gasteiger partial charge >= 0.3 is 0 Å². The van der Waals surface area contributed by atoms with E-state index in [4.69, 9.17) is 9.47 Å². The van der Waals surface area contributed by atoms with Gasteiger partial charge < -0.3 is 20.1 Å². The molecule has 1 fully saturated rings. The number of nitrogens with one attached hydrogen (secondary N) is 2. The number of ether oxygens (including phenoxy) is 2. The zero-order valence-corrected chi connectivity index (χ0v) is 14.0. The van der Waals surface area contributed by atoms with E-state index in [-0.39, 0.29) is 0 Å². The fraction of sp³-hybridized carbons (Fsp3) is 0.938. The van der Waals surface area contributed by atoms with Crippen molar-refractivity contribution < 1.29 is 9.47 Å². The Balaban J connectivity index is 2.03. The molecule has 1 aliphatic heterocycles. The largest absolute Gasteiger partial charge is 0.381 e. The lowest BCUT2D eigenvalue weighted by Crippen LogP contribution is -2.40. The van der Waals surface area contributed by atoms with Crippen LogP contribution in [0.4, 0.5) is 0 Å². The quantitative estimate of drug-likeness (QED) is 0.389. The second kappa shape index (κ2) is 11.8. The van der Waals surface area contributed by atoms with E-state index in [1.165, 1.54) is 12.8 Å². The average molecular weight is 299 g/mol. The Hall–Kier alpha value is -0.810. The van der Waals surface area contributed by atoms with Crippen molar-refractivity contribution in [1.82, 2.24) is 10.6 Å². The number of hydrogen-bond acceptors (Lipinski definition) is 3. The van der Waals surface area contributed by atoms with Crippen LogP contribution < -0.4 is 10.6 Å². The Bertz CT molecular complexity index is 275. The molecule has 0 aromatic heterocycles. The van der Waals surface area contributed by atoms with E-state index < -0.39 is 0 Å². The standard InChI is InChI=1S/C16H33N3O2/c1-4-14(5-2)13-19-16(17-3)18-9-6-10-21-15-7-11-20-12-8-15/h14-15H,4-13H2,1-3H3,(H2,17,18,19). The van der Waals surface area contributed by atoms with E-state index in [9.17, 15) is 0 Å². The molecule has 0 saturated carbocycles. The lowest BCUT2D eigenvalue weighted by atomic mass is 10.0. The second-order valence-corrected chi connectivity index (χ2v) is 5.60. The van der Waals surface area contributed by atoms with E-state index in [2.05, 4.69) is 29.5 Å². The molecule has 0 atom stereocenters. The van der Waals surface area contributed by atoms with Crippen LogP contribution >= 0.6 is 0 Å². The molecule has 2 N–H and O–H groups in total. The van der Waals surface area contributed by atoms with E-state index in [1.54, 1.807) is 0 Å². The highest BCUT2D eigenvalue weighted by Gasteiger charge is 2.13. The number of nitrogens with zero attached hydrogens (tertiary/aromatic N) is 1. The second-order valence-electron chi connectivity index (χ2n) is 5.60. The zero-order chi connectivity index (χ0) is 15.3. The highest BCUT2D eigenvalue weighted by Crippen LogP contribution is 2.10. The first kappa shape index (κ1) is 18.2. The average Bonchev–Trinajstić information content (AvgIpc) is 2.54. The van der Waals surface area contributed by atoms with Crippen LogP contribution in [0.5, 0.6) is 0 Å². The van der Waals surface area contributed by atoms with Gasteiger partial charge in [0.05, 0.1) is 6.10 Å². The highest BCUT2D eigenvalue weighted by molar-refractivity contribution is 5.79. The maximum absolute atomic E-state index is 5.85. The zero-order valence-electron chi connectivity index (χ0n) is 14.0. The molecule has 0 aromatic carbocycles. The summed E-state index contributed by atoms with van der Waals surface area (Å²) in [6, 6.07) is 0. The third kappa shape index (κ3) is 8.27. The van der Waals surface area contributed by atoms with Gasteiger partial charge in [-0.2, -0.15) is 0 Å². The first-order chi connectivity index (χ1) is 10.3. The van der Waals surface area contributed by atoms with Crippen molar-refractivity contribution in [1.29, 1.82) is 0 Å². The minimum Gasteiger partial charge on any atom is -0.381 e. The van der Waals surface area contributed by atoms with Gasteiger partial charge in [-0.3, -0.25) is 4.99 Å². The SMILES string of the molecule is CCC(CC)CNC(=NC)NCCCOC1CCOCC1. The Morgan fingerprint density at radius 3 is 2.57 bits per heavy atom. The molecule has 124 valence electrons. The molecule has 1 heterocycles. The van der Waals surface area contributed by atoms with Crippen molar-refractivity contribution in [2.45, 2.75) is 52.1 Å². The molecule has 0 amide bonds. The molecule has 0 spiro atoms. The Labute approximate surface area is 129 Å². The van der Waals surface area contributed by atoms with E-state index in [1.807, 2.05) is 7.05 Å². The summed E-state index contributed by atoms with van der Waals surface area (Å²) in [5, 5.41) is 6.74. The van der Waals surface area contributed by atoms with Gasteiger partial charge in [-0.1, -0.05) is 26.7 Å². The van der Waals surface area contributed by atoms with Crippen LogP contribution in [0.25, 0.3) is 0 Å². The predicted octanol–water partition coefficient (Wildman–Crippen LogP) is 2.17. The Morgan fingerprint density at radius 2 is 1.95 bits per heavy atom. The van der Waals surface area contributed by atoms with Crippen LogP contribution in [0.1, 0.15) is 46.0 Å². The first-order valence-electron chi connectivity index (χ1n) is 8.44. The molecule has 0 aliphatic carbocycles. The van der Waals surface area contributed by atoms with Gasteiger partial charge in [0, 0.05) is 40.0 Å². The fourth-order valence-electron chi connectivity index (χ4n) is 2.41. The summed E-state index contributed by atoms with van der Waals surface area (Å²) in [5.74, 6) is 1.62. The monoisotopic (exact) mass is 299 g/mol. The van der Waals surface area contributed by atoms with Crippen molar-refractivity contribution in [2.24, 2.45) is 10.9 Å². The maximum atomic E-state index is 5.85. The summed E-state index contributed by atoms with van der Waals surface area (Å²) < 4.78 is 11.2. The van der Waals surface area contributed by atoms with Crippen molar-refractivity contribution in [3.8, 4) is 0 Å². The lowest BCUT2D eigenvalue weighted by Gasteiger charge is -2.22. The van der Waals surface area contributed by atoms with Crippen LogP contribution in [0.2, 0.25) is 0 Å². The minimum atomic E-state index is 0.394.